The van der Waals surface area contributed by atoms with Gasteiger partial charge in [0.15, 0.2) is 0 Å². The average Bonchev–Trinajstić information content (AvgIpc) is 2.66. The van der Waals surface area contributed by atoms with Crippen LogP contribution in [0.5, 0.6) is 5.75 Å². The fraction of sp³-hybridized carbons (Fsp3) is 0.364. The molecule has 0 aliphatic carbocycles. The number of hydrogen-bond acceptors (Lipinski definition) is 3. The molecule has 0 unspecified atom stereocenters. The molecule has 0 heterocycles. The third-order valence-electron chi connectivity index (χ3n) is 4.41. The number of nitrogens with zero attached hydrogens (tertiary/aromatic N) is 1. The van der Waals surface area contributed by atoms with Gasteiger partial charge in [0.2, 0.25) is 11.8 Å². The van der Waals surface area contributed by atoms with Gasteiger partial charge in [-0.1, -0.05) is 30.3 Å². The SMILES string of the molecule is COc1ccc(CC(=O)N(Cc2ccccc2F)[C@@H](C)C(=O)NC(C)C)cc1. The molecule has 2 aromatic rings. The molecule has 28 heavy (non-hydrogen) atoms. The van der Waals surface area contributed by atoms with Crippen LogP contribution >= 0.6 is 0 Å². The van der Waals surface area contributed by atoms with Crippen LogP contribution in [0, 0.1) is 5.82 Å². The lowest BCUT2D eigenvalue weighted by molar-refractivity contribution is -0.140. The van der Waals surface area contributed by atoms with Crippen molar-refractivity contribution in [3.8, 4) is 5.75 Å². The van der Waals surface area contributed by atoms with E-state index in [-0.39, 0.29) is 30.8 Å². The van der Waals surface area contributed by atoms with Crippen LogP contribution in [0.15, 0.2) is 48.5 Å². The summed E-state index contributed by atoms with van der Waals surface area (Å²) in [5, 5.41) is 2.81. The molecule has 2 aromatic carbocycles. The van der Waals surface area contributed by atoms with E-state index in [1.165, 1.54) is 11.0 Å². The van der Waals surface area contributed by atoms with Crippen molar-refractivity contribution in [1.29, 1.82) is 0 Å². The molecule has 0 bridgehead atoms. The zero-order valence-electron chi connectivity index (χ0n) is 16.7. The second-order valence-corrected chi connectivity index (χ2v) is 6.98. The molecule has 2 amide bonds. The minimum absolute atomic E-state index is 0.0222. The fourth-order valence-electron chi connectivity index (χ4n) is 2.82. The standard InChI is InChI=1S/C22H27FN2O3/c1-15(2)24-22(27)16(3)25(14-18-7-5-6-8-20(18)23)21(26)13-17-9-11-19(28-4)12-10-17/h5-12,15-16H,13-14H2,1-4H3,(H,24,27)/t16-/m0/s1. The summed E-state index contributed by atoms with van der Waals surface area (Å²) in [5.41, 5.74) is 1.16. The molecule has 0 aliphatic heterocycles. The first-order valence-electron chi connectivity index (χ1n) is 9.28. The first kappa shape index (κ1) is 21.4. The van der Waals surface area contributed by atoms with Gasteiger partial charge in [-0.15, -0.1) is 0 Å². The van der Waals surface area contributed by atoms with E-state index >= 15 is 0 Å². The summed E-state index contributed by atoms with van der Waals surface area (Å²) in [7, 11) is 1.57. The van der Waals surface area contributed by atoms with E-state index in [9.17, 15) is 14.0 Å². The predicted octanol–water partition coefficient (Wildman–Crippen LogP) is 3.32. The number of carbonyl (C=O) groups excluding carboxylic acids is 2. The Balaban J connectivity index is 2.23. The Kier molecular flexibility index (Phi) is 7.55. The van der Waals surface area contributed by atoms with Crippen molar-refractivity contribution in [3.63, 3.8) is 0 Å². The van der Waals surface area contributed by atoms with Crippen molar-refractivity contribution in [2.75, 3.05) is 7.11 Å². The summed E-state index contributed by atoms with van der Waals surface area (Å²) in [6.45, 7) is 5.38. The van der Waals surface area contributed by atoms with E-state index in [1.807, 2.05) is 13.8 Å². The molecule has 6 heteroatoms. The summed E-state index contributed by atoms with van der Waals surface area (Å²) in [5.74, 6) is -0.223. The molecule has 5 nitrogen and oxygen atoms in total. The van der Waals surface area contributed by atoms with Crippen LogP contribution in [0.4, 0.5) is 4.39 Å². The lowest BCUT2D eigenvalue weighted by atomic mass is 10.1. The predicted molar refractivity (Wildman–Crippen MR) is 106 cm³/mol. The van der Waals surface area contributed by atoms with Crippen molar-refractivity contribution in [1.82, 2.24) is 10.2 Å². The quantitative estimate of drug-likeness (QED) is 0.757. The van der Waals surface area contributed by atoms with E-state index < -0.39 is 11.9 Å². The third-order valence-corrected chi connectivity index (χ3v) is 4.41. The van der Waals surface area contributed by atoms with Crippen LogP contribution in [0.3, 0.4) is 0 Å². The highest BCUT2D eigenvalue weighted by Gasteiger charge is 2.27. The van der Waals surface area contributed by atoms with Crippen molar-refractivity contribution in [3.05, 3.63) is 65.5 Å². The van der Waals surface area contributed by atoms with Gasteiger partial charge in [-0.3, -0.25) is 9.59 Å². The first-order valence-corrected chi connectivity index (χ1v) is 9.28. The Morgan fingerprint density at radius 2 is 1.71 bits per heavy atom. The molecule has 0 aliphatic rings. The number of methoxy groups -OCH3 is 1. The number of benzene rings is 2. The molecule has 0 saturated carbocycles. The van der Waals surface area contributed by atoms with Crippen molar-refractivity contribution in [2.45, 2.75) is 45.8 Å². The summed E-state index contributed by atoms with van der Waals surface area (Å²) in [6, 6.07) is 12.7. The van der Waals surface area contributed by atoms with E-state index in [0.29, 0.717) is 11.3 Å². The lowest BCUT2D eigenvalue weighted by Gasteiger charge is -2.29. The van der Waals surface area contributed by atoms with Gasteiger partial charge >= 0.3 is 0 Å². The Morgan fingerprint density at radius 3 is 2.29 bits per heavy atom. The average molecular weight is 386 g/mol. The zero-order chi connectivity index (χ0) is 20.7. The van der Waals surface area contributed by atoms with Gasteiger partial charge in [0.05, 0.1) is 13.5 Å². The second kappa shape index (κ2) is 9.88. The molecule has 0 saturated heterocycles. The molecule has 0 spiro atoms. The van der Waals surface area contributed by atoms with Crippen molar-refractivity contribution < 1.29 is 18.7 Å². The van der Waals surface area contributed by atoms with Gasteiger partial charge in [0.25, 0.3) is 0 Å². The Morgan fingerprint density at radius 1 is 1.07 bits per heavy atom. The first-order chi connectivity index (χ1) is 13.3. The molecular weight excluding hydrogens is 359 g/mol. The summed E-state index contributed by atoms with van der Waals surface area (Å²) in [4.78, 5) is 26.9. The largest absolute Gasteiger partial charge is 0.497 e. The second-order valence-electron chi connectivity index (χ2n) is 6.98. The molecule has 2 rings (SSSR count). The third kappa shape index (κ3) is 5.81. The molecule has 150 valence electrons. The van der Waals surface area contributed by atoms with Crippen LogP contribution < -0.4 is 10.1 Å². The summed E-state index contributed by atoms with van der Waals surface area (Å²) >= 11 is 0. The number of ether oxygens (including phenoxy) is 1. The van der Waals surface area contributed by atoms with E-state index in [4.69, 9.17) is 4.74 Å². The van der Waals surface area contributed by atoms with E-state index in [0.717, 1.165) is 5.56 Å². The minimum Gasteiger partial charge on any atom is -0.497 e. The van der Waals surface area contributed by atoms with Crippen LogP contribution in [0.1, 0.15) is 31.9 Å². The Bertz CT molecular complexity index is 806. The molecule has 0 aromatic heterocycles. The molecule has 1 N–H and O–H groups in total. The maximum atomic E-state index is 14.1. The van der Waals surface area contributed by atoms with Crippen molar-refractivity contribution >= 4 is 11.8 Å². The number of carbonyl (C=O) groups is 2. The fourth-order valence-corrected chi connectivity index (χ4v) is 2.82. The van der Waals surface area contributed by atoms with E-state index in [1.54, 1.807) is 56.5 Å². The van der Waals surface area contributed by atoms with Gasteiger partial charge in [-0.2, -0.15) is 0 Å². The van der Waals surface area contributed by atoms with Gasteiger partial charge in [-0.05, 0) is 44.5 Å². The van der Waals surface area contributed by atoms with Crippen LogP contribution in [-0.4, -0.2) is 35.9 Å². The van der Waals surface area contributed by atoms with E-state index in [2.05, 4.69) is 5.32 Å². The lowest BCUT2D eigenvalue weighted by Crippen LogP contribution is -2.49. The van der Waals surface area contributed by atoms with Gasteiger partial charge in [0, 0.05) is 18.2 Å². The summed E-state index contributed by atoms with van der Waals surface area (Å²) in [6.07, 6.45) is 0.109. The number of halogens is 1. The zero-order valence-corrected chi connectivity index (χ0v) is 16.7. The number of nitrogens with one attached hydrogen (secondary N) is 1. The Hall–Kier alpha value is -2.89. The summed E-state index contributed by atoms with van der Waals surface area (Å²) < 4.78 is 19.3. The van der Waals surface area contributed by atoms with Gasteiger partial charge < -0.3 is 15.0 Å². The minimum atomic E-state index is -0.729. The van der Waals surface area contributed by atoms with Gasteiger partial charge in [-0.25, -0.2) is 4.39 Å². The van der Waals surface area contributed by atoms with Crippen molar-refractivity contribution in [2.24, 2.45) is 0 Å². The molecule has 1 atom stereocenters. The normalized spacial score (nSPS) is 11.8. The van der Waals surface area contributed by atoms with Crippen LogP contribution in [0.25, 0.3) is 0 Å². The highest BCUT2D eigenvalue weighted by molar-refractivity contribution is 5.88. The van der Waals surface area contributed by atoms with Crippen LogP contribution in [0.2, 0.25) is 0 Å². The van der Waals surface area contributed by atoms with Gasteiger partial charge in [0.1, 0.15) is 17.6 Å². The Labute approximate surface area is 165 Å². The maximum absolute atomic E-state index is 14.1. The molecule has 0 fully saturated rings. The maximum Gasteiger partial charge on any atom is 0.242 e. The molecular formula is C22H27FN2O3. The monoisotopic (exact) mass is 386 g/mol. The number of amides is 2. The number of rotatable bonds is 8. The molecule has 0 radical (unpaired) electrons. The van der Waals surface area contributed by atoms with Crippen LogP contribution in [-0.2, 0) is 22.6 Å². The highest BCUT2D eigenvalue weighted by atomic mass is 19.1. The highest BCUT2D eigenvalue weighted by Crippen LogP contribution is 2.17. The smallest absolute Gasteiger partial charge is 0.242 e. The topological polar surface area (TPSA) is 58.6 Å². The number of hydrogen-bond donors (Lipinski definition) is 1.